The van der Waals surface area contributed by atoms with Crippen molar-refractivity contribution in [3.8, 4) is 5.75 Å². The molecule has 9 heteroatoms. The van der Waals surface area contributed by atoms with Crippen molar-refractivity contribution in [1.29, 1.82) is 0 Å². The third-order valence-electron chi connectivity index (χ3n) is 3.72. The fourth-order valence-electron chi connectivity index (χ4n) is 2.56. The number of aliphatic hydroxyl groups is 1. The third-order valence-corrected chi connectivity index (χ3v) is 4.82. The molecule has 0 atom stereocenters. The molecule has 1 aromatic heterocycles. The summed E-state index contributed by atoms with van der Waals surface area (Å²) in [7, 11) is -3.75. The molecule has 2 aromatic carbocycles. The summed E-state index contributed by atoms with van der Waals surface area (Å²) in [6, 6.07) is 6.26. The van der Waals surface area contributed by atoms with E-state index in [1.54, 1.807) is 0 Å². The lowest BCUT2D eigenvalue weighted by molar-refractivity contribution is 0.0697. The van der Waals surface area contributed by atoms with Crippen LogP contribution in [0.5, 0.6) is 5.75 Å². The maximum Gasteiger partial charge on any atom is 0.335 e. The van der Waals surface area contributed by atoms with Crippen molar-refractivity contribution in [3.63, 3.8) is 0 Å². The first-order valence-electron chi connectivity index (χ1n) is 7.44. The highest BCUT2D eigenvalue weighted by Gasteiger charge is 2.20. The summed E-state index contributed by atoms with van der Waals surface area (Å²) in [4.78, 5) is 23.7. The Morgan fingerprint density at radius 1 is 1.19 bits per heavy atom. The first-order valence-corrected chi connectivity index (χ1v) is 9.33. The Morgan fingerprint density at radius 2 is 1.92 bits per heavy atom. The van der Waals surface area contributed by atoms with Gasteiger partial charge in [0.25, 0.3) is 0 Å². The molecule has 0 fully saturated rings. The van der Waals surface area contributed by atoms with E-state index >= 15 is 0 Å². The molecule has 0 aliphatic heterocycles. The van der Waals surface area contributed by atoms with Gasteiger partial charge in [-0.1, -0.05) is 0 Å². The number of rotatable bonds is 5. The maximum atomic E-state index is 12.8. The van der Waals surface area contributed by atoms with Gasteiger partial charge < -0.3 is 19.4 Å². The van der Waals surface area contributed by atoms with E-state index in [9.17, 15) is 18.0 Å². The van der Waals surface area contributed by atoms with Crippen LogP contribution in [-0.4, -0.2) is 44.1 Å². The minimum absolute atomic E-state index is 0.0103. The molecule has 0 unspecified atom stereocenters. The molecule has 3 aromatic rings. The van der Waals surface area contributed by atoms with Crippen LogP contribution >= 0.6 is 0 Å². The van der Waals surface area contributed by atoms with Crippen molar-refractivity contribution >= 4 is 37.7 Å². The lowest BCUT2D eigenvalue weighted by Gasteiger charge is -2.10. The Bertz CT molecular complexity index is 1190. The number of carbonyl (C=O) groups is 1. The highest BCUT2D eigenvalue weighted by molar-refractivity contribution is 7.91. The molecule has 0 amide bonds. The molecule has 0 aliphatic carbocycles. The van der Waals surface area contributed by atoms with E-state index in [2.05, 4.69) is 0 Å². The van der Waals surface area contributed by atoms with E-state index in [4.69, 9.17) is 19.4 Å². The smallest absolute Gasteiger partial charge is 0.335 e. The molecule has 0 aliphatic rings. The van der Waals surface area contributed by atoms with Crippen molar-refractivity contribution < 1.29 is 32.6 Å². The topological polar surface area (TPSA) is 131 Å². The SMILES string of the molecule is CS(=O)(=O)c1cc(OCCO)cc2c(=O)c3cc(C(=O)O)ccc3oc12. The summed E-state index contributed by atoms with van der Waals surface area (Å²) in [6.45, 7) is -0.378. The van der Waals surface area contributed by atoms with Crippen LogP contribution in [0.25, 0.3) is 21.9 Å². The molecule has 1 heterocycles. The molecule has 0 bridgehead atoms. The minimum atomic E-state index is -3.75. The molecule has 0 saturated heterocycles. The number of hydrogen-bond donors (Lipinski definition) is 2. The lowest BCUT2D eigenvalue weighted by atomic mass is 10.1. The van der Waals surface area contributed by atoms with Gasteiger partial charge in [0.1, 0.15) is 22.8 Å². The monoisotopic (exact) mass is 378 g/mol. The van der Waals surface area contributed by atoms with Gasteiger partial charge in [0.05, 0.1) is 22.9 Å². The van der Waals surface area contributed by atoms with Gasteiger partial charge in [-0.15, -0.1) is 0 Å². The van der Waals surface area contributed by atoms with Gasteiger partial charge in [0.15, 0.2) is 15.4 Å². The number of hydrogen-bond acceptors (Lipinski definition) is 7. The zero-order valence-electron chi connectivity index (χ0n) is 13.6. The predicted molar refractivity (Wildman–Crippen MR) is 92.6 cm³/mol. The van der Waals surface area contributed by atoms with E-state index in [0.29, 0.717) is 0 Å². The molecule has 26 heavy (non-hydrogen) atoms. The van der Waals surface area contributed by atoms with Crippen LogP contribution in [0.2, 0.25) is 0 Å². The van der Waals surface area contributed by atoms with Crippen LogP contribution in [0, 0.1) is 0 Å². The van der Waals surface area contributed by atoms with Gasteiger partial charge in [-0.25, -0.2) is 13.2 Å². The third kappa shape index (κ3) is 3.14. The van der Waals surface area contributed by atoms with Crippen molar-refractivity contribution in [2.75, 3.05) is 19.5 Å². The number of carboxylic acids is 1. The number of carboxylic acid groups (broad SMARTS) is 1. The summed E-state index contributed by atoms with van der Waals surface area (Å²) in [6.07, 6.45) is 0.968. The normalized spacial score (nSPS) is 11.8. The summed E-state index contributed by atoms with van der Waals surface area (Å²) in [5.41, 5.74) is -0.741. The first kappa shape index (κ1) is 17.9. The quantitative estimate of drug-likeness (QED) is 0.637. The highest BCUT2D eigenvalue weighted by Crippen LogP contribution is 2.30. The Hall–Kier alpha value is -2.91. The summed E-state index contributed by atoms with van der Waals surface area (Å²) < 4.78 is 35.1. The zero-order valence-corrected chi connectivity index (χ0v) is 14.4. The fourth-order valence-corrected chi connectivity index (χ4v) is 3.38. The summed E-state index contributed by atoms with van der Waals surface area (Å²) in [5.74, 6) is -1.13. The number of fused-ring (bicyclic) bond motifs is 2. The van der Waals surface area contributed by atoms with Crippen molar-refractivity contribution in [2.24, 2.45) is 0 Å². The van der Waals surface area contributed by atoms with Gasteiger partial charge >= 0.3 is 5.97 Å². The molecule has 136 valence electrons. The first-order chi connectivity index (χ1) is 12.2. The number of aliphatic hydroxyl groups excluding tert-OH is 1. The number of ether oxygens (including phenoxy) is 1. The van der Waals surface area contributed by atoms with Crippen molar-refractivity contribution in [3.05, 3.63) is 46.1 Å². The standard InChI is InChI=1S/C17H14O8S/c1-26(22,23)14-8-10(24-5-4-18)7-12-15(19)11-6-9(17(20)21)2-3-13(11)25-16(12)14/h2-3,6-8,18H,4-5H2,1H3,(H,20,21). The molecule has 2 N–H and O–H groups in total. The van der Waals surface area contributed by atoms with Crippen molar-refractivity contribution in [2.45, 2.75) is 4.90 Å². The largest absolute Gasteiger partial charge is 0.491 e. The van der Waals surface area contributed by atoms with Crippen LogP contribution in [0.1, 0.15) is 10.4 Å². The van der Waals surface area contributed by atoms with E-state index in [1.807, 2.05) is 0 Å². The van der Waals surface area contributed by atoms with Crippen LogP contribution < -0.4 is 10.2 Å². The van der Waals surface area contributed by atoms with Crippen LogP contribution in [-0.2, 0) is 9.84 Å². The van der Waals surface area contributed by atoms with E-state index in [-0.39, 0.29) is 51.4 Å². The molecular weight excluding hydrogens is 364 g/mol. The number of sulfone groups is 1. The lowest BCUT2D eigenvalue weighted by Crippen LogP contribution is -2.09. The second kappa shape index (κ2) is 6.43. The predicted octanol–water partition coefficient (Wildman–Crippen LogP) is 1.42. The van der Waals surface area contributed by atoms with Crippen LogP contribution in [0.15, 0.2) is 44.4 Å². The van der Waals surface area contributed by atoms with Crippen LogP contribution in [0.3, 0.4) is 0 Å². The number of benzene rings is 2. The summed E-state index contributed by atoms with van der Waals surface area (Å²) >= 11 is 0. The molecule has 0 radical (unpaired) electrons. The van der Waals surface area contributed by atoms with Crippen molar-refractivity contribution in [1.82, 2.24) is 0 Å². The molecule has 0 spiro atoms. The highest BCUT2D eigenvalue weighted by atomic mass is 32.2. The average Bonchev–Trinajstić information content (AvgIpc) is 2.58. The van der Waals surface area contributed by atoms with Crippen LogP contribution in [0.4, 0.5) is 0 Å². The number of aromatic carboxylic acids is 1. The maximum absolute atomic E-state index is 12.8. The second-order valence-corrected chi connectivity index (χ2v) is 7.57. The van der Waals surface area contributed by atoms with Gasteiger partial charge in [-0.3, -0.25) is 4.79 Å². The minimum Gasteiger partial charge on any atom is -0.491 e. The average molecular weight is 378 g/mol. The van der Waals surface area contributed by atoms with E-state index in [1.165, 1.54) is 30.3 Å². The Balaban J connectivity index is 2.43. The van der Waals surface area contributed by atoms with Gasteiger partial charge in [0.2, 0.25) is 5.43 Å². The van der Waals surface area contributed by atoms with Gasteiger partial charge in [-0.2, -0.15) is 0 Å². The summed E-state index contributed by atoms with van der Waals surface area (Å²) in [5, 5.41) is 17.9. The zero-order chi connectivity index (χ0) is 19.1. The second-order valence-electron chi connectivity index (χ2n) is 5.59. The van der Waals surface area contributed by atoms with Gasteiger partial charge in [-0.05, 0) is 24.3 Å². The van der Waals surface area contributed by atoms with E-state index < -0.39 is 21.2 Å². The molecule has 8 nitrogen and oxygen atoms in total. The Labute approximate surface area is 147 Å². The Morgan fingerprint density at radius 3 is 2.54 bits per heavy atom. The van der Waals surface area contributed by atoms with E-state index in [0.717, 1.165) is 6.26 Å². The molecular formula is C17H14O8S. The van der Waals surface area contributed by atoms with Gasteiger partial charge in [0, 0.05) is 12.3 Å². The molecule has 3 rings (SSSR count). The fraction of sp³-hybridized carbons (Fsp3) is 0.176. The Kier molecular flexibility index (Phi) is 4.43. The molecule has 0 saturated carbocycles.